The molecule has 1 atom stereocenters. The lowest BCUT2D eigenvalue weighted by molar-refractivity contribution is -0.116. The van der Waals surface area contributed by atoms with Gasteiger partial charge in [0, 0.05) is 12.0 Å². The molecule has 0 bridgehead atoms. The number of phenolic OH excluding ortho intramolecular Hbond substituents is 1. The van der Waals surface area contributed by atoms with Gasteiger partial charge in [0.1, 0.15) is 17.5 Å². The zero-order valence-corrected chi connectivity index (χ0v) is 15.8. The van der Waals surface area contributed by atoms with Crippen LogP contribution in [0.25, 0.3) is 11.3 Å². The number of nitrogens with zero attached hydrogens (tertiary/aromatic N) is 2. The summed E-state index contributed by atoms with van der Waals surface area (Å²) < 4.78 is 0. The van der Waals surface area contributed by atoms with Crippen molar-refractivity contribution in [2.45, 2.75) is 26.4 Å². The van der Waals surface area contributed by atoms with Crippen molar-refractivity contribution in [3.05, 3.63) is 72.1 Å². The van der Waals surface area contributed by atoms with Gasteiger partial charge < -0.3 is 15.5 Å². The Bertz CT molecular complexity index is 941. The maximum Gasteiger partial charge on any atom is 0.225 e. The molecule has 1 heterocycles. The van der Waals surface area contributed by atoms with Crippen molar-refractivity contribution in [1.82, 2.24) is 9.97 Å². The summed E-state index contributed by atoms with van der Waals surface area (Å²) in [5.41, 5.74) is 2.20. The molecule has 0 spiro atoms. The van der Waals surface area contributed by atoms with Crippen LogP contribution in [0.1, 0.15) is 37.6 Å². The first-order valence-corrected chi connectivity index (χ1v) is 9.13. The number of amides is 1. The maximum atomic E-state index is 12.2. The first-order valence-electron chi connectivity index (χ1n) is 9.13. The molecule has 2 aromatic carbocycles. The lowest BCUT2D eigenvalue weighted by Gasteiger charge is -2.16. The van der Waals surface area contributed by atoms with E-state index in [1.807, 2.05) is 32.0 Å². The first kappa shape index (κ1) is 19.5. The molecule has 28 heavy (non-hydrogen) atoms. The Morgan fingerprint density at radius 1 is 1.07 bits per heavy atom. The minimum Gasteiger partial charge on any atom is -0.508 e. The molecule has 3 N–H and O–H groups in total. The molecule has 6 heteroatoms. The zero-order valence-electron chi connectivity index (χ0n) is 15.8. The van der Waals surface area contributed by atoms with Crippen molar-refractivity contribution in [1.29, 1.82) is 0 Å². The molecule has 1 unspecified atom stereocenters. The van der Waals surface area contributed by atoms with Crippen molar-refractivity contribution in [2.24, 2.45) is 5.92 Å². The molecule has 0 aliphatic heterocycles. The monoisotopic (exact) mass is 377 g/mol. The summed E-state index contributed by atoms with van der Waals surface area (Å²) in [4.78, 5) is 21.2. The second-order valence-electron chi connectivity index (χ2n) is 7.00. The van der Waals surface area contributed by atoms with E-state index in [2.05, 4.69) is 15.3 Å². The highest BCUT2D eigenvalue weighted by atomic mass is 16.3. The van der Waals surface area contributed by atoms with E-state index in [4.69, 9.17) is 0 Å². The SMILES string of the molecule is CC(C)CC(=O)Nc1ncc(-c2ccc(O)cc2)nc1C(O)c1ccccc1. The second kappa shape index (κ2) is 8.63. The van der Waals surface area contributed by atoms with Gasteiger partial charge >= 0.3 is 0 Å². The number of rotatable bonds is 6. The van der Waals surface area contributed by atoms with E-state index in [1.165, 1.54) is 0 Å². The van der Waals surface area contributed by atoms with Gasteiger partial charge in [-0.1, -0.05) is 44.2 Å². The maximum absolute atomic E-state index is 12.2. The van der Waals surface area contributed by atoms with Crippen LogP contribution in [0, 0.1) is 5.92 Å². The molecule has 0 radical (unpaired) electrons. The Morgan fingerprint density at radius 2 is 1.75 bits per heavy atom. The minimum absolute atomic E-state index is 0.152. The van der Waals surface area contributed by atoms with Gasteiger partial charge in [-0.15, -0.1) is 0 Å². The van der Waals surface area contributed by atoms with Gasteiger partial charge in [-0.05, 0) is 35.7 Å². The number of aromatic hydroxyl groups is 1. The number of benzene rings is 2. The number of phenols is 1. The highest BCUT2D eigenvalue weighted by molar-refractivity contribution is 5.90. The van der Waals surface area contributed by atoms with Crippen LogP contribution in [-0.2, 0) is 4.79 Å². The van der Waals surface area contributed by atoms with Gasteiger partial charge in [0.25, 0.3) is 0 Å². The van der Waals surface area contributed by atoms with Gasteiger partial charge in [-0.3, -0.25) is 4.79 Å². The van der Waals surface area contributed by atoms with Gasteiger partial charge in [0.05, 0.1) is 11.9 Å². The molecular weight excluding hydrogens is 354 g/mol. The predicted molar refractivity (Wildman–Crippen MR) is 108 cm³/mol. The van der Waals surface area contributed by atoms with Gasteiger partial charge in [0.2, 0.25) is 5.91 Å². The molecule has 3 rings (SSSR count). The zero-order chi connectivity index (χ0) is 20.1. The molecule has 0 fully saturated rings. The average Bonchev–Trinajstić information content (AvgIpc) is 2.68. The lowest BCUT2D eigenvalue weighted by atomic mass is 10.1. The summed E-state index contributed by atoms with van der Waals surface area (Å²) >= 11 is 0. The normalized spacial score (nSPS) is 12.0. The fourth-order valence-electron chi connectivity index (χ4n) is 2.81. The van der Waals surface area contributed by atoms with E-state index in [-0.39, 0.29) is 29.1 Å². The van der Waals surface area contributed by atoms with Crippen LogP contribution in [0.3, 0.4) is 0 Å². The highest BCUT2D eigenvalue weighted by Gasteiger charge is 2.20. The molecule has 3 aromatic rings. The number of carbonyl (C=O) groups excluding carboxylic acids is 1. The van der Waals surface area contributed by atoms with Crippen molar-refractivity contribution < 1.29 is 15.0 Å². The summed E-state index contributed by atoms with van der Waals surface area (Å²) in [5, 5.41) is 23.1. The Balaban J connectivity index is 2.01. The van der Waals surface area contributed by atoms with Crippen LogP contribution < -0.4 is 5.32 Å². The summed E-state index contributed by atoms with van der Waals surface area (Å²) in [6, 6.07) is 15.6. The molecule has 0 saturated heterocycles. The van der Waals surface area contributed by atoms with E-state index in [0.717, 1.165) is 5.56 Å². The standard InChI is InChI=1S/C22H23N3O3/c1-14(2)12-19(27)25-22-20(21(28)16-6-4-3-5-7-16)24-18(13-23-22)15-8-10-17(26)11-9-15/h3-11,13-14,21,26,28H,12H2,1-2H3,(H,23,25,27). The van der Waals surface area contributed by atoms with Crippen LogP contribution in [0.4, 0.5) is 5.82 Å². The van der Waals surface area contributed by atoms with Crippen LogP contribution in [-0.4, -0.2) is 26.1 Å². The van der Waals surface area contributed by atoms with Crippen molar-refractivity contribution in [3.8, 4) is 17.0 Å². The number of hydrogen-bond acceptors (Lipinski definition) is 5. The fourth-order valence-corrected chi connectivity index (χ4v) is 2.81. The number of nitrogens with one attached hydrogen (secondary N) is 1. The Hall–Kier alpha value is -3.25. The predicted octanol–water partition coefficient (Wildman–Crippen LogP) is 3.92. The number of aliphatic hydroxyl groups is 1. The molecule has 6 nitrogen and oxygen atoms in total. The van der Waals surface area contributed by atoms with Crippen LogP contribution in [0.15, 0.2) is 60.8 Å². The largest absolute Gasteiger partial charge is 0.508 e. The number of aliphatic hydroxyl groups excluding tert-OH is 1. The number of aromatic nitrogens is 2. The minimum atomic E-state index is -1.04. The van der Waals surface area contributed by atoms with Crippen molar-refractivity contribution in [3.63, 3.8) is 0 Å². The molecule has 1 aromatic heterocycles. The molecule has 0 aliphatic carbocycles. The van der Waals surface area contributed by atoms with Gasteiger partial charge in [-0.2, -0.15) is 0 Å². The Labute approximate surface area is 163 Å². The number of carbonyl (C=O) groups is 1. The molecule has 1 amide bonds. The second-order valence-corrected chi connectivity index (χ2v) is 7.00. The van der Waals surface area contributed by atoms with E-state index in [1.54, 1.807) is 42.6 Å². The fraction of sp³-hybridized carbons (Fsp3) is 0.227. The third-order valence-corrected chi connectivity index (χ3v) is 4.19. The smallest absolute Gasteiger partial charge is 0.225 e. The molecule has 0 aliphatic rings. The third kappa shape index (κ3) is 4.72. The summed E-state index contributed by atoms with van der Waals surface area (Å²) in [5.74, 6) is 0.415. The third-order valence-electron chi connectivity index (χ3n) is 4.19. The summed E-state index contributed by atoms with van der Waals surface area (Å²) in [6.07, 6.45) is 0.848. The van der Waals surface area contributed by atoms with Crippen molar-refractivity contribution >= 4 is 11.7 Å². The Morgan fingerprint density at radius 3 is 2.39 bits per heavy atom. The Kier molecular flexibility index (Phi) is 6.01. The van der Waals surface area contributed by atoms with E-state index < -0.39 is 6.10 Å². The first-order chi connectivity index (χ1) is 13.4. The van der Waals surface area contributed by atoms with Crippen LogP contribution in [0.5, 0.6) is 5.75 Å². The van der Waals surface area contributed by atoms with Gasteiger partial charge in [-0.25, -0.2) is 9.97 Å². The summed E-state index contributed by atoms with van der Waals surface area (Å²) in [7, 11) is 0. The number of hydrogen-bond donors (Lipinski definition) is 3. The van der Waals surface area contributed by atoms with Crippen LogP contribution in [0.2, 0.25) is 0 Å². The van der Waals surface area contributed by atoms with E-state index in [0.29, 0.717) is 17.7 Å². The van der Waals surface area contributed by atoms with Crippen molar-refractivity contribution in [2.75, 3.05) is 5.32 Å². The highest BCUT2D eigenvalue weighted by Crippen LogP contribution is 2.29. The van der Waals surface area contributed by atoms with E-state index >= 15 is 0 Å². The van der Waals surface area contributed by atoms with Crippen LogP contribution >= 0.6 is 0 Å². The molecule has 144 valence electrons. The topological polar surface area (TPSA) is 95.3 Å². The molecular formula is C22H23N3O3. The summed E-state index contributed by atoms with van der Waals surface area (Å²) in [6.45, 7) is 3.91. The number of anilines is 1. The van der Waals surface area contributed by atoms with Gasteiger partial charge in [0.15, 0.2) is 5.82 Å². The average molecular weight is 377 g/mol. The molecule has 0 saturated carbocycles. The van der Waals surface area contributed by atoms with E-state index in [9.17, 15) is 15.0 Å². The lowest BCUT2D eigenvalue weighted by Crippen LogP contribution is -2.18. The quantitative estimate of drug-likeness (QED) is 0.605.